The Hall–Kier alpha value is -3.14. The smallest absolute Gasteiger partial charge is 0.244 e. The molecule has 2 amide bonds. The number of carbonyl (C=O) groups is 2. The van der Waals surface area contributed by atoms with Crippen LogP contribution in [0.1, 0.15) is 38.2 Å². The minimum absolute atomic E-state index is 0.0384. The topological polar surface area (TPSA) is 96.0 Å². The molecule has 0 spiro atoms. The number of amides is 2. The highest BCUT2D eigenvalue weighted by molar-refractivity contribution is 7.92. The summed E-state index contributed by atoms with van der Waals surface area (Å²) in [6.45, 7) is 0.805. The van der Waals surface area contributed by atoms with Gasteiger partial charge in [-0.1, -0.05) is 43.2 Å². The van der Waals surface area contributed by atoms with Crippen LogP contribution >= 0.6 is 0 Å². The van der Waals surface area contributed by atoms with E-state index in [0.717, 1.165) is 36.2 Å². The lowest BCUT2D eigenvalue weighted by atomic mass is 10.1. The number of rotatable bonds is 10. The number of benzene rings is 2. The van der Waals surface area contributed by atoms with Crippen LogP contribution in [0.2, 0.25) is 0 Å². The van der Waals surface area contributed by atoms with E-state index in [0.29, 0.717) is 0 Å². The maximum absolute atomic E-state index is 14.5. The molecule has 1 aliphatic rings. The third-order valence-electron chi connectivity index (χ3n) is 6.20. The maximum Gasteiger partial charge on any atom is 0.244 e. The van der Waals surface area contributed by atoms with Crippen LogP contribution in [0.5, 0.6) is 5.75 Å². The number of hydrogen-bond donors (Lipinski definition) is 1. The van der Waals surface area contributed by atoms with E-state index in [4.69, 9.17) is 4.74 Å². The Morgan fingerprint density at radius 1 is 1.11 bits per heavy atom. The molecule has 190 valence electrons. The fraction of sp³-hybridized carbons (Fsp3) is 0.440. The van der Waals surface area contributed by atoms with Crippen molar-refractivity contribution in [1.29, 1.82) is 0 Å². The molecule has 0 bridgehead atoms. The number of halogens is 1. The Morgan fingerprint density at radius 3 is 2.37 bits per heavy atom. The fourth-order valence-electron chi connectivity index (χ4n) is 4.22. The van der Waals surface area contributed by atoms with Gasteiger partial charge in [-0.25, -0.2) is 12.8 Å². The zero-order valence-electron chi connectivity index (χ0n) is 20.2. The number of hydrogen-bond acceptors (Lipinski definition) is 5. The molecule has 0 heterocycles. The van der Waals surface area contributed by atoms with E-state index in [1.54, 1.807) is 31.2 Å². The Morgan fingerprint density at radius 2 is 1.74 bits per heavy atom. The van der Waals surface area contributed by atoms with Gasteiger partial charge in [0, 0.05) is 18.2 Å². The number of sulfonamides is 1. The molecule has 35 heavy (non-hydrogen) atoms. The van der Waals surface area contributed by atoms with Crippen LogP contribution in [0.3, 0.4) is 0 Å². The Bertz CT molecular complexity index is 1150. The van der Waals surface area contributed by atoms with E-state index < -0.39 is 34.3 Å². The van der Waals surface area contributed by atoms with E-state index in [-0.39, 0.29) is 35.5 Å². The Balaban J connectivity index is 1.91. The van der Waals surface area contributed by atoms with Crippen molar-refractivity contribution in [3.8, 4) is 5.75 Å². The van der Waals surface area contributed by atoms with Gasteiger partial charge in [0.2, 0.25) is 21.8 Å². The molecule has 1 atom stereocenters. The zero-order valence-corrected chi connectivity index (χ0v) is 21.1. The van der Waals surface area contributed by atoms with Crippen molar-refractivity contribution in [3.63, 3.8) is 0 Å². The summed E-state index contributed by atoms with van der Waals surface area (Å²) in [6.07, 6.45) is 4.79. The molecule has 0 aromatic heterocycles. The second-order valence-corrected chi connectivity index (χ2v) is 10.6. The first-order valence-corrected chi connectivity index (χ1v) is 13.4. The molecule has 1 saturated carbocycles. The van der Waals surface area contributed by atoms with Gasteiger partial charge in [-0.2, -0.15) is 0 Å². The maximum atomic E-state index is 14.5. The van der Waals surface area contributed by atoms with Crippen LogP contribution in [-0.4, -0.2) is 57.1 Å². The zero-order chi connectivity index (χ0) is 25.6. The summed E-state index contributed by atoms with van der Waals surface area (Å²) in [5.41, 5.74) is 0.421. The van der Waals surface area contributed by atoms with E-state index >= 15 is 0 Å². The number of para-hydroxylation sites is 2. The highest BCUT2D eigenvalue weighted by Crippen LogP contribution is 2.29. The molecule has 1 N–H and O–H groups in total. The molecule has 0 radical (unpaired) electrons. The van der Waals surface area contributed by atoms with Gasteiger partial charge in [0.25, 0.3) is 0 Å². The standard InChI is InChI=1S/C25H32FN3O5S/c1-18(25(31)27-20-11-5-6-12-20)28(16-19-10-4-7-13-21(19)26)24(30)17-29(35(3,32)33)22-14-8-9-15-23(22)34-2/h4,7-10,13-15,18,20H,5-6,11-12,16-17H2,1-3H3,(H,27,31)/t18-/m0/s1. The number of anilines is 1. The summed E-state index contributed by atoms with van der Waals surface area (Å²) in [5.74, 6) is -1.24. The fourth-order valence-corrected chi connectivity index (χ4v) is 5.07. The van der Waals surface area contributed by atoms with Gasteiger partial charge < -0.3 is 15.0 Å². The highest BCUT2D eigenvalue weighted by Gasteiger charge is 2.32. The van der Waals surface area contributed by atoms with E-state index in [1.165, 1.54) is 36.3 Å². The summed E-state index contributed by atoms with van der Waals surface area (Å²) >= 11 is 0. The van der Waals surface area contributed by atoms with Crippen molar-refractivity contribution in [3.05, 3.63) is 59.9 Å². The molecule has 10 heteroatoms. The molecule has 1 fully saturated rings. The average molecular weight is 506 g/mol. The monoisotopic (exact) mass is 505 g/mol. The minimum atomic E-state index is -3.89. The van der Waals surface area contributed by atoms with E-state index in [9.17, 15) is 22.4 Å². The average Bonchev–Trinajstić information content (AvgIpc) is 3.33. The van der Waals surface area contributed by atoms with Crippen molar-refractivity contribution in [2.75, 3.05) is 24.2 Å². The predicted molar refractivity (Wildman–Crippen MR) is 132 cm³/mol. The summed E-state index contributed by atoms with van der Waals surface area (Å²) < 4.78 is 46.0. The van der Waals surface area contributed by atoms with Crippen molar-refractivity contribution in [2.24, 2.45) is 0 Å². The first-order chi connectivity index (χ1) is 16.6. The van der Waals surface area contributed by atoms with E-state index in [2.05, 4.69) is 5.32 Å². The molecular formula is C25H32FN3O5S. The van der Waals surface area contributed by atoms with Gasteiger partial charge in [0.05, 0.1) is 19.1 Å². The number of nitrogens with one attached hydrogen (secondary N) is 1. The third-order valence-corrected chi connectivity index (χ3v) is 7.33. The SMILES string of the molecule is COc1ccccc1N(CC(=O)N(Cc1ccccc1F)[C@@H](C)C(=O)NC1CCCC1)S(C)(=O)=O. The first-order valence-electron chi connectivity index (χ1n) is 11.6. The molecule has 2 aromatic carbocycles. The molecule has 1 aliphatic carbocycles. The molecule has 2 aromatic rings. The van der Waals surface area contributed by atoms with Gasteiger partial charge in [0.15, 0.2) is 0 Å². The van der Waals surface area contributed by atoms with Gasteiger partial charge in [-0.15, -0.1) is 0 Å². The molecular weight excluding hydrogens is 473 g/mol. The van der Waals surface area contributed by atoms with Crippen molar-refractivity contribution >= 4 is 27.5 Å². The van der Waals surface area contributed by atoms with Crippen molar-refractivity contribution in [1.82, 2.24) is 10.2 Å². The Kier molecular flexibility index (Phi) is 8.71. The quantitative estimate of drug-likeness (QED) is 0.535. The van der Waals surface area contributed by atoms with Crippen LogP contribution in [0.25, 0.3) is 0 Å². The summed E-state index contributed by atoms with van der Waals surface area (Å²) in [7, 11) is -2.49. The summed E-state index contributed by atoms with van der Waals surface area (Å²) in [5, 5.41) is 2.97. The summed E-state index contributed by atoms with van der Waals surface area (Å²) in [6, 6.07) is 11.5. The van der Waals surface area contributed by atoms with Gasteiger partial charge >= 0.3 is 0 Å². The number of ether oxygens (including phenoxy) is 1. The van der Waals surface area contributed by atoms with Crippen LogP contribution in [0, 0.1) is 5.82 Å². The van der Waals surface area contributed by atoms with Crippen molar-refractivity contribution in [2.45, 2.75) is 51.2 Å². The molecule has 0 saturated heterocycles. The second-order valence-electron chi connectivity index (χ2n) is 8.72. The van der Waals surface area contributed by atoms with Gasteiger partial charge in [-0.05, 0) is 38.0 Å². The highest BCUT2D eigenvalue weighted by atomic mass is 32.2. The second kappa shape index (κ2) is 11.5. The molecule has 0 aliphatic heterocycles. The van der Waals surface area contributed by atoms with Crippen LogP contribution in [-0.2, 0) is 26.2 Å². The minimum Gasteiger partial charge on any atom is -0.495 e. The summed E-state index contributed by atoms with van der Waals surface area (Å²) in [4.78, 5) is 27.8. The lowest BCUT2D eigenvalue weighted by Gasteiger charge is -2.32. The largest absolute Gasteiger partial charge is 0.495 e. The lowest BCUT2D eigenvalue weighted by Crippen LogP contribution is -2.52. The van der Waals surface area contributed by atoms with Gasteiger partial charge in [-0.3, -0.25) is 13.9 Å². The molecule has 3 rings (SSSR count). The predicted octanol–water partition coefficient (Wildman–Crippen LogP) is 3.08. The van der Waals surface area contributed by atoms with Crippen LogP contribution < -0.4 is 14.4 Å². The Labute approximate surface area is 206 Å². The van der Waals surface area contributed by atoms with Crippen molar-refractivity contribution < 1.29 is 27.1 Å². The number of nitrogens with zero attached hydrogens (tertiary/aromatic N) is 2. The molecule has 0 unspecified atom stereocenters. The first kappa shape index (κ1) is 26.5. The normalized spacial score (nSPS) is 14.9. The van der Waals surface area contributed by atoms with Crippen LogP contribution in [0.15, 0.2) is 48.5 Å². The lowest BCUT2D eigenvalue weighted by molar-refractivity contribution is -0.139. The molecule has 8 nitrogen and oxygen atoms in total. The van der Waals surface area contributed by atoms with Crippen LogP contribution in [0.4, 0.5) is 10.1 Å². The van der Waals surface area contributed by atoms with Gasteiger partial charge in [0.1, 0.15) is 24.2 Å². The number of methoxy groups -OCH3 is 1. The van der Waals surface area contributed by atoms with E-state index in [1.807, 2.05) is 0 Å². The third kappa shape index (κ3) is 6.72. The number of carbonyl (C=O) groups excluding carboxylic acids is 2.